The van der Waals surface area contributed by atoms with Crippen molar-refractivity contribution in [1.82, 2.24) is 14.3 Å². The number of carbonyl (C=O) groups is 2. The number of nitrogens with zero attached hydrogens (tertiary/aromatic N) is 3. The molecule has 2 N–H and O–H groups in total. The van der Waals surface area contributed by atoms with Crippen LogP contribution >= 0.6 is 0 Å². The number of nitrogens with one attached hydrogen (secondary N) is 1. The summed E-state index contributed by atoms with van der Waals surface area (Å²) in [6.45, 7) is 9.80. The summed E-state index contributed by atoms with van der Waals surface area (Å²) >= 11 is 0. The van der Waals surface area contributed by atoms with Crippen LogP contribution in [-0.2, 0) is 0 Å². The molecule has 0 radical (unpaired) electrons. The van der Waals surface area contributed by atoms with Gasteiger partial charge in [-0.15, -0.1) is 0 Å². The highest BCUT2D eigenvalue weighted by Gasteiger charge is 2.18. The Kier molecular flexibility index (Phi) is 5.09. The van der Waals surface area contributed by atoms with Gasteiger partial charge in [0.2, 0.25) is 0 Å². The molecule has 3 rings (SSSR count). The molecule has 7 nitrogen and oxygen atoms in total. The molecule has 0 bridgehead atoms. The van der Waals surface area contributed by atoms with E-state index in [-0.39, 0.29) is 17.5 Å². The van der Waals surface area contributed by atoms with Gasteiger partial charge in [-0.3, -0.25) is 4.79 Å². The van der Waals surface area contributed by atoms with E-state index in [9.17, 15) is 14.7 Å². The number of amides is 1. The van der Waals surface area contributed by atoms with Gasteiger partial charge >= 0.3 is 5.97 Å². The second-order valence-electron chi connectivity index (χ2n) is 7.11. The third-order valence-corrected chi connectivity index (χ3v) is 4.83. The average Bonchev–Trinajstić information content (AvgIpc) is 3.14. The minimum absolute atomic E-state index is 0.149. The lowest BCUT2D eigenvalue weighted by Crippen LogP contribution is -2.14. The van der Waals surface area contributed by atoms with Crippen molar-refractivity contribution in [2.45, 2.75) is 40.7 Å². The SMILES string of the molecule is Cc1c(C(=O)O)cnn1-c1cccc(NC(=O)c2cc(C)n(C(C)C)c2C)c1. The van der Waals surface area contributed by atoms with Crippen molar-refractivity contribution in [3.63, 3.8) is 0 Å². The standard InChI is InChI=1S/C21H24N4O3/c1-12(2)24-13(3)9-18(14(24)4)20(26)23-16-7-6-8-17(10-16)25-15(5)19(11-22-25)21(27)28/h6-12H,1-5H3,(H,23,26)(H,27,28). The number of aryl methyl sites for hydroxylation is 1. The van der Waals surface area contributed by atoms with Gasteiger partial charge in [0, 0.05) is 23.1 Å². The molecular formula is C21H24N4O3. The number of hydrogen-bond donors (Lipinski definition) is 2. The van der Waals surface area contributed by atoms with Crippen LogP contribution in [0.4, 0.5) is 5.69 Å². The lowest BCUT2D eigenvalue weighted by molar-refractivity contribution is 0.0696. The minimum Gasteiger partial charge on any atom is -0.478 e. The van der Waals surface area contributed by atoms with Gasteiger partial charge in [-0.2, -0.15) is 5.10 Å². The smallest absolute Gasteiger partial charge is 0.339 e. The summed E-state index contributed by atoms with van der Waals surface area (Å²) in [4.78, 5) is 24.0. The molecule has 0 fully saturated rings. The summed E-state index contributed by atoms with van der Waals surface area (Å²) in [6, 6.07) is 9.34. The van der Waals surface area contributed by atoms with Gasteiger partial charge in [0.15, 0.2) is 0 Å². The number of carbonyl (C=O) groups excluding carboxylic acids is 1. The average molecular weight is 380 g/mol. The van der Waals surface area contributed by atoms with Gasteiger partial charge in [0.1, 0.15) is 5.56 Å². The highest BCUT2D eigenvalue weighted by Crippen LogP contribution is 2.22. The molecule has 0 spiro atoms. The lowest BCUT2D eigenvalue weighted by atomic mass is 10.2. The molecule has 7 heteroatoms. The van der Waals surface area contributed by atoms with Crippen molar-refractivity contribution in [3.05, 3.63) is 64.7 Å². The lowest BCUT2D eigenvalue weighted by Gasteiger charge is -2.14. The topological polar surface area (TPSA) is 89.2 Å². The quantitative estimate of drug-likeness (QED) is 0.696. The van der Waals surface area contributed by atoms with E-state index in [1.165, 1.54) is 6.20 Å². The molecule has 146 valence electrons. The maximum Gasteiger partial charge on any atom is 0.339 e. The van der Waals surface area contributed by atoms with Crippen molar-refractivity contribution < 1.29 is 14.7 Å². The van der Waals surface area contributed by atoms with Crippen molar-refractivity contribution in [1.29, 1.82) is 0 Å². The third-order valence-electron chi connectivity index (χ3n) is 4.83. The van der Waals surface area contributed by atoms with Gasteiger partial charge in [0.25, 0.3) is 5.91 Å². The van der Waals surface area contributed by atoms with Crippen LogP contribution in [-0.4, -0.2) is 31.3 Å². The number of anilines is 1. The summed E-state index contributed by atoms with van der Waals surface area (Å²) in [5.41, 5.74) is 4.57. The minimum atomic E-state index is -1.02. The number of aromatic carboxylic acids is 1. The fourth-order valence-electron chi connectivity index (χ4n) is 3.60. The molecule has 0 aliphatic heterocycles. The molecule has 0 saturated heterocycles. The monoisotopic (exact) mass is 380 g/mol. The van der Waals surface area contributed by atoms with Gasteiger partial charge in [-0.05, 0) is 58.9 Å². The van der Waals surface area contributed by atoms with Crippen molar-refractivity contribution in [2.75, 3.05) is 5.32 Å². The summed E-state index contributed by atoms with van der Waals surface area (Å²) in [5, 5.41) is 16.3. The summed E-state index contributed by atoms with van der Waals surface area (Å²) in [5.74, 6) is -1.20. The number of aromatic nitrogens is 3. The van der Waals surface area contributed by atoms with E-state index in [1.807, 2.05) is 26.0 Å². The maximum absolute atomic E-state index is 12.8. The molecular weight excluding hydrogens is 356 g/mol. The molecule has 0 aliphatic carbocycles. The fourth-order valence-corrected chi connectivity index (χ4v) is 3.60. The zero-order valence-corrected chi connectivity index (χ0v) is 16.6. The zero-order chi connectivity index (χ0) is 20.6. The summed E-state index contributed by atoms with van der Waals surface area (Å²) < 4.78 is 3.68. The van der Waals surface area contributed by atoms with Crippen LogP contribution in [0.25, 0.3) is 5.69 Å². The first kappa shape index (κ1) is 19.4. The zero-order valence-electron chi connectivity index (χ0n) is 16.6. The molecule has 0 saturated carbocycles. The Morgan fingerprint density at radius 2 is 1.79 bits per heavy atom. The van der Waals surface area contributed by atoms with Gasteiger partial charge in [0.05, 0.1) is 23.1 Å². The normalized spacial score (nSPS) is 11.1. The third kappa shape index (κ3) is 3.43. The van der Waals surface area contributed by atoms with Crippen LogP contribution in [0.2, 0.25) is 0 Å². The Balaban J connectivity index is 1.89. The van der Waals surface area contributed by atoms with E-state index >= 15 is 0 Å². The highest BCUT2D eigenvalue weighted by molar-refractivity contribution is 6.05. The van der Waals surface area contributed by atoms with Crippen LogP contribution in [0.3, 0.4) is 0 Å². The maximum atomic E-state index is 12.8. The van der Waals surface area contributed by atoms with Crippen LogP contribution in [0.15, 0.2) is 36.5 Å². The van der Waals surface area contributed by atoms with E-state index < -0.39 is 5.97 Å². The van der Waals surface area contributed by atoms with Crippen LogP contribution in [0.5, 0.6) is 0 Å². The molecule has 0 unspecified atom stereocenters. The van der Waals surface area contributed by atoms with E-state index in [0.29, 0.717) is 22.6 Å². The first-order valence-corrected chi connectivity index (χ1v) is 9.08. The molecule has 1 aromatic carbocycles. The first-order valence-electron chi connectivity index (χ1n) is 9.08. The Morgan fingerprint density at radius 1 is 1.07 bits per heavy atom. The van der Waals surface area contributed by atoms with E-state index in [2.05, 4.69) is 28.8 Å². The van der Waals surface area contributed by atoms with E-state index in [0.717, 1.165) is 11.4 Å². The molecule has 0 atom stereocenters. The number of carboxylic acids is 1. The fraction of sp³-hybridized carbons (Fsp3) is 0.286. The number of carboxylic acid groups (broad SMARTS) is 1. The molecule has 0 aliphatic rings. The Labute approximate surface area is 163 Å². The summed E-state index contributed by atoms with van der Waals surface area (Å²) in [6.07, 6.45) is 1.32. The van der Waals surface area contributed by atoms with E-state index in [4.69, 9.17) is 0 Å². The highest BCUT2D eigenvalue weighted by atomic mass is 16.4. The predicted molar refractivity (Wildman–Crippen MR) is 108 cm³/mol. The molecule has 28 heavy (non-hydrogen) atoms. The van der Waals surface area contributed by atoms with Crippen molar-refractivity contribution in [3.8, 4) is 5.69 Å². The second-order valence-corrected chi connectivity index (χ2v) is 7.11. The van der Waals surface area contributed by atoms with Gasteiger partial charge < -0.3 is 15.0 Å². The molecule has 3 aromatic rings. The Bertz CT molecular complexity index is 1060. The Morgan fingerprint density at radius 3 is 2.36 bits per heavy atom. The van der Waals surface area contributed by atoms with E-state index in [1.54, 1.807) is 29.8 Å². The second kappa shape index (κ2) is 7.34. The largest absolute Gasteiger partial charge is 0.478 e. The first-order chi connectivity index (χ1) is 13.2. The van der Waals surface area contributed by atoms with Gasteiger partial charge in [-0.1, -0.05) is 6.07 Å². The molecule has 2 heterocycles. The van der Waals surface area contributed by atoms with Crippen molar-refractivity contribution in [2.24, 2.45) is 0 Å². The van der Waals surface area contributed by atoms with Crippen LogP contribution in [0, 0.1) is 20.8 Å². The van der Waals surface area contributed by atoms with Gasteiger partial charge in [-0.25, -0.2) is 9.48 Å². The molecule has 1 amide bonds. The van der Waals surface area contributed by atoms with Crippen LogP contribution < -0.4 is 5.32 Å². The molecule has 2 aromatic heterocycles. The predicted octanol–water partition coefficient (Wildman–Crippen LogP) is 4.13. The van der Waals surface area contributed by atoms with Crippen LogP contribution in [0.1, 0.15) is 57.7 Å². The number of benzene rings is 1. The number of rotatable bonds is 5. The summed E-state index contributed by atoms with van der Waals surface area (Å²) in [7, 11) is 0. The number of hydrogen-bond acceptors (Lipinski definition) is 3. The van der Waals surface area contributed by atoms with Crippen molar-refractivity contribution >= 4 is 17.6 Å². The Hall–Kier alpha value is -3.35.